The molecule has 1 N–H and O–H groups in total. The summed E-state index contributed by atoms with van der Waals surface area (Å²) in [6.07, 6.45) is 6.01. The Morgan fingerprint density at radius 3 is 2.77 bits per heavy atom. The number of methoxy groups -OCH3 is 2. The average Bonchev–Trinajstić information content (AvgIpc) is 3.14. The van der Waals surface area contributed by atoms with Crippen molar-refractivity contribution >= 4 is 22.4 Å². The number of carbonyl (C=O) groups is 1. The third kappa shape index (κ3) is 4.06. The molecule has 0 bridgehead atoms. The number of ether oxygens (including phenoxy) is 2. The van der Waals surface area contributed by atoms with Gasteiger partial charge in [0.1, 0.15) is 22.8 Å². The molecule has 30 heavy (non-hydrogen) atoms. The van der Waals surface area contributed by atoms with Crippen molar-refractivity contribution < 1.29 is 18.7 Å². The highest BCUT2D eigenvalue weighted by atomic mass is 16.5. The standard InChI is InChI=1S/C25H27NO4/c1-16(11-25(27)26-15-17-7-6-8-18(12-17)28-2)20-13-21-19-9-4-5-10-22(19)30-24(21)14-23(20)29-3/h6-8,11-14H,4-5,9-10,15H2,1-3H3,(H,26,27)/b16-11+. The van der Waals surface area contributed by atoms with Crippen LogP contribution in [0.3, 0.4) is 0 Å². The van der Waals surface area contributed by atoms with Crippen LogP contribution in [-0.4, -0.2) is 20.1 Å². The summed E-state index contributed by atoms with van der Waals surface area (Å²) < 4.78 is 16.9. The summed E-state index contributed by atoms with van der Waals surface area (Å²) in [4.78, 5) is 12.5. The average molecular weight is 405 g/mol. The van der Waals surface area contributed by atoms with Crippen LogP contribution in [0.15, 0.2) is 46.9 Å². The molecule has 156 valence electrons. The highest BCUT2D eigenvalue weighted by molar-refractivity contribution is 5.97. The van der Waals surface area contributed by atoms with Crippen LogP contribution in [0.25, 0.3) is 16.5 Å². The maximum absolute atomic E-state index is 12.5. The fourth-order valence-corrected chi connectivity index (χ4v) is 4.06. The summed E-state index contributed by atoms with van der Waals surface area (Å²) in [6.45, 7) is 2.37. The Balaban J connectivity index is 1.57. The van der Waals surface area contributed by atoms with Crippen LogP contribution < -0.4 is 14.8 Å². The molecule has 0 radical (unpaired) electrons. The van der Waals surface area contributed by atoms with Gasteiger partial charge in [-0.2, -0.15) is 0 Å². The zero-order chi connectivity index (χ0) is 21.1. The molecule has 0 saturated heterocycles. The SMILES string of the molecule is COc1cccc(CNC(=O)/C=C(\C)c2cc3c4c(oc3cc2OC)CCCC4)c1. The molecule has 0 fully saturated rings. The lowest BCUT2D eigenvalue weighted by Gasteiger charge is -2.11. The van der Waals surface area contributed by atoms with Gasteiger partial charge in [0.05, 0.1) is 14.2 Å². The van der Waals surface area contributed by atoms with Crippen LogP contribution in [0, 0.1) is 0 Å². The van der Waals surface area contributed by atoms with Crippen molar-refractivity contribution in [3.63, 3.8) is 0 Å². The number of fused-ring (bicyclic) bond motifs is 3. The number of nitrogens with one attached hydrogen (secondary N) is 1. The predicted molar refractivity (Wildman–Crippen MR) is 118 cm³/mol. The van der Waals surface area contributed by atoms with Crippen LogP contribution in [-0.2, 0) is 24.2 Å². The Morgan fingerprint density at radius 2 is 1.97 bits per heavy atom. The molecule has 4 rings (SSSR count). The first-order valence-electron chi connectivity index (χ1n) is 10.3. The zero-order valence-electron chi connectivity index (χ0n) is 17.7. The van der Waals surface area contributed by atoms with Crippen molar-refractivity contribution in [3.05, 3.63) is 64.9 Å². The summed E-state index contributed by atoms with van der Waals surface area (Å²) in [5, 5.41) is 4.07. The first-order valence-corrected chi connectivity index (χ1v) is 10.3. The van der Waals surface area contributed by atoms with E-state index in [0.717, 1.165) is 52.0 Å². The number of furan rings is 1. The largest absolute Gasteiger partial charge is 0.497 e. The predicted octanol–water partition coefficient (Wildman–Crippen LogP) is 5.05. The van der Waals surface area contributed by atoms with E-state index in [0.29, 0.717) is 12.3 Å². The minimum Gasteiger partial charge on any atom is -0.497 e. The fraction of sp³-hybridized carbons (Fsp3) is 0.320. The van der Waals surface area contributed by atoms with Gasteiger partial charge in [-0.1, -0.05) is 12.1 Å². The van der Waals surface area contributed by atoms with Gasteiger partial charge in [-0.25, -0.2) is 0 Å². The molecule has 2 aromatic carbocycles. The first-order chi connectivity index (χ1) is 14.6. The number of amides is 1. The quantitative estimate of drug-likeness (QED) is 0.583. The molecule has 1 aliphatic carbocycles. The molecule has 0 spiro atoms. The van der Waals surface area contributed by atoms with Gasteiger partial charge in [0, 0.05) is 41.6 Å². The maximum atomic E-state index is 12.5. The molecular formula is C25H27NO4. The molecule has 1 aromatic heterocycles. The van der Waals surface area contributed by atoms with Crippen LogP contribution in [0.2, 0.25) is 0 Å². The van der Waals surface area contributed by atoms with Crippen molar-refractivity contribution in [2.45, 2.75) is 39.2 Å². The molecule has 1 aliphatic rings. The van der Waals surface area contributed by atoms with Crippen molar-refractivity contribution in [3.8, 4) is 11.5 Å². The second-order valence-electron chi connectivity index (χ2n) is 7.66. The Morgan fingerprint density at radius 1 is 1.13 bits per heavy atom. The van der Waals surface area contributed by atoms with E-state index in [1.165, 1.54) is 18.4 Å². The Kier molecular flexibility index (Phi) is 5.79. The Hall–Kier alpha value is -3.21. The molecule has 1 heterocycles. The molecule has 3 aromatic rings. The van der Waals surface area contributed by atoms with E-state index in [1.54, 1.807) is 20.3 Å². The van der Waals surface area contributed by atoms with E-state index in [2.05, 4.69) is 11.4 Å². The van der Waals surface area contributed by atoms with Gasteiger partial charge in [-0.05, 0) is 55.5 Å². The van der Waals surface area contributed by atoms with E-state index in [1.807, 2.05) is 37.3 Å². The van der Waals surface area contributed by atoms with Crippen molar-refractivity contribution in [1.29, 1.82) is 0 Å². The molecule has 1 amide bonds. The lowest BCUT2D eigenvalue weighted by molar-refractivity contribution is -0.116. The molecule has 5 heteroatoms. The summed E-state index contributed by atoms with van der Waals surface area (Å²) in [5.41, 5.74) is 4.91. The van der Waals surface area contributed by atoms with Crippen LogP contribution in [0.1, 0.15) is 42.2 Å². The van der Waals surface area contributed by atoms with Crippen LogP contribution in [0.5, 0.6) is 11.5 Å². The number of hydrogen-bond acceptors (Lipinski definition) is 4. The van der Waals surface area contributed by atoms with Gasteiger partial charge >= 0.3 is 0 Å². The third-order valence-electron chi connectivity index (χ3n) is 5.65. The smallest absolute Gasteiger partial charge is 0.244 e. The number of carbonyl (C=O) groups excluding carboxylic acids is 1. The highest BCUT2D eigenvalue weighted by Crippen LogP contribution is 2.37. The maximum Gasteiger partial charge on any atom is 0.244 e. The molecule has 0 aliphatic heterocycles. The number of rotatable bonds is 6. The molecular weight excluding hydrogens is 378 g/mol. The van der Waals surface area contributed by atoms with Gasteiger partial charge in [-0.3, -0.25) is 4.79 Å². The van der Waals surface area contributed by atoms with Crippen LogP contribution >= 0.6 is 0 Å². The Bertz CT molecular complexity index is 1110. The lowest BCUT2D eigenvalue weighted by atomic mass is 9.94. The molecule has 0 atom stereocenters. The zero-order valence-corrected chi connectivity index (χ0v) is 17.7. The van der Waals surface area contributed by atoms with Crippen molar-refractivity contribution in [1.82, 2.24) is 5.32 Å². The van der Waals surface area contributed by atoms with E-state index in [9.17, 15) is 4.79 Å². The number of benzene rings is 2. The minimum absolute atomic E-state index is 0.147. The first kappa shape index (κ1) is 20.1. The van der Waals surface area contributed by atoms with Crippen molar-refractivity contribution in [2.75, 3.05) is 14.2 Å². The molecule has 0 saturated carbocycles. The monoisotopic (exact) mass is 405 g/mol. The topological polar surface area (TPSA) is 60.7 Å². The molecule has 0 unspecified atom stereocenters. The number of hydrogen-bond donors (Lipinski definition) is 1. The number of aryl methyl sites for hydroxylation is 2. The minimum atomic E-state index is -0.147. The van der Waals surface area contributed by atoms with E-state index >= 15 is 0 Å². The second-order valence-corrected chi connectivity index (χ2v) is 7.66. The summed E-state index contributed by atoms with van der Waals surface area (Å²) >= 11 is 0. The van der Waals surface area contributed by atoms with E-state index in [-0.39, 0.29) is 5.91 Å². The van der Waals surface area contributed by atoms with Crippen molar-refractivity contribution in [2.24, 2.45) is 0 Å². The van der Waals surface area contributed by atoms with Crippen LogP contribution in [0.4, 0.5) is 0 Å². The Labute approximate surface area is 176 Å². The fourth-order valence-electron chi connectivity index (χ4n) is 4.06. The van der Waals surface area contributed by atoms with Gasteiger partial charge in [-0.15, -0.1) is 0 Å². The van der Waals surface area contributed by atoms with Gasteiger partial charge in [0.2, 0.25) is 5.91 Å². The third-order valence-corrected chi connectivity index (χ3v) is 5.65. The van der Waals surface area contributed by atoms with Gasteiger partial charge in [0.25, 0.3) is 0 Å². The highest BCUT2D eigenvalue weighted by Gasteiger charge is 2.20. The van der Waals surface area contributed by atoms with E-state index < -0.39 is 0 Å². The summed E-state index contributed by atoms with van der Waals surface area (Å²) in [7, 11) is 3.27. The van der Waals surface area contributed by atoms with Gasteiger partial charge < -0.3 is 19.2 Å². The second kappa shape index (κ2) is 8.66. The number of allylic oxidation sites excluding steroid dienone is 1. The summed E-state index contributed by atoms with van der Waals surface area (Å²) in [6, 6.07) is 11.7. The normalized spacial score (nSPS) is 13.8. The van der Waals surface area contributed by atoms with Gasteiger partial charge in [0.15, 0.2) is 0 Å². The molecule has 5 nitrogen and oxygen atoms in total. The van der Waals surface area contributed by atoms with E-state index in [4.69, 9.17) is 13.9 Å². The summed E-state index contributed by atoms with van der Waals surface area (Å²) in [5.74, 6) is 2.43. The lowest BCUT2D eigenvalue weighted by Crippen LogP contribution is -2.20.